The lowest BCUT2D eigenvalue weighted by molar-refractivity contribution is 0.242. The molecule has 6 heteroatoms. The van der Waals surface area contributed by atoms with Gasteiger partial charge in [-0.1, -0.05) is 24.3 Å². The van der Waals surface area contributed by atoms with Gasteiger partial charge in [0, 0.05) is 20.1 Å². The minimum absolute atomic E-state index is 0. The molecule has 0 aliphatic rings. The standard InChI is InChI=1S/C20H26FN3O.HI/c1-15(2)25-19-10-6-16(7-11-19)12-13-23-20(22-3)24-14-17-4-8-18(21)9-5-17;/h4-11,15H,12-14H2,1-3H3,(H2,22,23,24);1H. The summed E-state index contributed by atoms with van der Waals surface area (Å²) in [6.45, 7) is 5.40. The lowest BCUT2D eigenvalue weighted by Crippen LogP contribution is -2.37. The third kappa shape index (κ3) is 8.03. The highest BCUT2D eigenvalue weighted by Crippen LogP contribution is 2.13. The van der Waals surface area contributed by atoms with Crippen molar-refractivity contribution in [2.75, 3.05) is 13.6 Å². The largest absolute Gasteiger partial charge is 0.491 e. The van der Waals surface area contributed by atoms with Crippen LogP contribution in [0.5, 0.6) is 5.75 Å². The fraction of sp³-hybridized carbons (Fsp3) is 0.350. The van der Waals surface area contributed by atoms with E-state index in [2.05, 4.69) is 27.8 Å². The van der Waals surface area contributed by atoms with Crippen molar-refractivity contribution in [3.63, 3.8) is 0 Å². The average Bonchev–Trinajstić information content (AvgIpc) is 2.60. The van der Waals surface area contributed by atoms with Gasteiger partial charge in [0.15, 0.2) is 5.96 Å². The van der Waals surface area contributed by atoms with Crippen LogP contribution in [-0.2, 0) is 13.0 Å². The molecule has 2 N–H and O–H groups in total. The maximum Gasteiger partial charge on any atom is 0.191 e. The van der Waals surface area contributed by atoms with E-state index in [9.17, 15) is 4.39 Å². The fourth-order valence-electron chi connectivity index (χ4n) is 2.34. The van der Waals surface area contributed by atoms with Gasteiger partial charge in [-0.3, -0.25) is 4.99 Å². The van der Waals surface area contributed by atoms with Gasteiger partial charge in [-0.15, -0.1) is 24.0 Å². The summed E-state index contributed by atoms with van der Waals surface area (Å²) in [5.41, 5.74) is 2.24. The monoisotopic (exact) mass is 471 g/mol. The molecule has 0 aliphatic heterocycles. The van der Waals surface area contributed by atoms with Gasteiger partial charge in [0.1, 0.15) is 11.6 Å². The summed E-state index contributed by atoms with van der Waals surface area (Å²) >= 11 is 0. The van der Waals surface area contributed by atoms with Gasteiger partial charge in [-0.05, 0) is 55.7 Å². The predicted octanol–water partition coefficient (Wildman–Crippen LogP) is 4.14. The van der Waals surface area contributed by atoms with Crippen molar-refractivity contribution in [3.8, 4) is 5.75 Å². The molecular weight excluding hydrogens is 444 g/mol. The second-order valence-electron chi connectivity index (χ2n) is 6.04. The molecule has 0 bridgehead atoms. The topological polar surface area (TPSA) is 45.7 Å². The summed E-state index contributed by atoms with van der Waals surface area (Å²) in [6, 6.07) is 14.6. The van der Waals surface area contributed by atoms with Gasteiger partial charge in [-0.25, -0.2) is 4.39 Å². The van der Waals surface area contributed by atoms with E-state index in [1.54, 1.807) is 19.2 Å². The summed E-state index contributed by atoms with van der Waals surface area (Å²) in [7, 11) is 1.73. The van der Waals surface area contributed by atoms with Crippen LogP contribution in [0.15, 0.2) is 53.5 Å². The highest BCUT2D eigenvalue weighted by molar-refractivity contribution is 14.0. The van der Waals surface area contributed by atoms with Crippen molar-refractivity contribution >= 4 is 29.9 Å². The van der Waals surface area contributed by atoms with Gasteiger partial charge in [-0.2, -0.15) is 0 Å². The molecule has 0 radical (unpaired) electrons. The average molecular weight is 471 g/mol. The van der Waals surface area contributed by atoms with Crippen LogP contribution < -0.4 is 15.4 Å². The van der Waals surface area contributed by atoms with E-state index >= 15 is 0 Å². The Morgan fingerprint density at radius 1 is 1.00 bits per heavy atom. The number of nitrogens with zero attached hydrogens (tertiary/aromatic N) is 1. The van der Waals surface area contributed by atoms with Crippen molar-refractivity contribution < 1.29 is 9.13 Å². The third-order valence-electron chi connectivity index (χ3n) is 3.60. The number of nitrogens with one attached hydrogen (secondary N) is 2. The molecule has 0 fully saturated rings. The molecule has 0 amide bonds. The molecule has 0 unspecified atom stereocenters. The zero-order valence-corrected chi connectivity index (χ0v) is 17.8. The number of rotatable bonds is 7. The van der Waals surface area contributed by atoms with E-state index < -0.39 is 0 Å². The molecule has 2 aromatic rings. The summed E-state index contributed by atoms with van der Waals surface area (Å²) < 4.78 is 18.5. The second-order valence-corrected chi connectivity index (χ2v) is 6.04. The first-order valence-electron chi connectivity index (χ1n) is 8.51. The van der Waals surface area contributed by atoms with Gasteiger partial charge in [0.2, 0.25) is 0 Å². The zero-order valence-electron chi connectivity index (χ0n) is 15.5. The van der Waals surface area contributed by atoms with Crippen molar-refractivity contribution in [1.29, 1.82) is 0 Å². The SMILES string of the molecule is CN=C(NCCc1ccc(OC(C)C)cc1)NCc1ccc(F)cc1.I. The Morgan fingerprint density at radius 2 is 1.62 bits per heavy atom. The molecule has 142 valence electrons. The van der Waals surface area contributed by atoms with Crippen molar-refractivity contribution in [2.45, 2.75) is 32.9 Å². The van der Waals surface area contributed by atoms with E-state index in [1.807, 2.05) is 26.0 Å². The first kappa shape index (κ1) is 22.2. The van der Waals surface area contributed by atoms with Crippen LogP contribution in [0.3, 0.4) is 0 Å². The molecule has 2 rings (SSSR count). The molecule has 0 aliphatic carbocycles. The van der Waals surface area contributed by atoms with Crippen molar-refractivity contribution in [1.82, 2.24) is 10.6 Å². The number of ether oxygens (including phenoxy) is 1. The van der Waals surface area contributed by atoms with E-state index in [1.165, 1.54) is 17.7 Å². The Labute approximate surface area is 172 Å². The summed E-state index contributed by atoms with van der Waals surface area (Å²) in [5, 5.41) is 6.50. The fourth-order valence-corrected chi connectivity index (χ4v) is 2.34. The predicted molar refractivity (Wildman–Crippen MR) is 116 cm³/mol. The minimum atomic E-state index is -0.226. The Bertz CT molecular complexity index is 672. The van der Waals surface area contributed by atoms with Crippen LogP contribution in [0.25, 0.3) is 0 Å². The van der Waals surface area contributed by atoms with Crippen LogP contribution in [0.2, 0.25) is 0 Å². The Balaban J connectivity index is 0.00000338. The molecule has 0 spiro atoms. The molecule has 0 aromatic heterocycles. The highest BCUT2D eigenvalue weighted by Gasteiger charge is 2.01. The summed E-state index contributed by atoms with van der Waals surface area (Å²) in [4.78, 5) is 4.20. The van der Waals surface area contributed by atoms with Gasteiger partial charge < -0.3 is 15.4 Å². The van der Waals surface area contributed by atoms with E-state index in [0.29, 0.717) is 6.54 Å². The Hall–Kier alpha value is -1.83. The van der Waals surface area contributed by atoms with E-state index in [-0.39, 0.29) is 35.9 Å². The van der Waals surface area contributed by atoms with Crippen LogP contribution in [0.1, 0.15) is 25.0 Å². The number of aliphatic imine (C=N–C) groups is 1. The maximum absolute atomic E-state index is 12.9. The second kappa shape index (κ2) is 11.7. The normalized spacial score (nSPS) is 11.0. The van der Waals surface area contributed by atoms with Gasteiger partial charge in [0.25, 0.3) is 0 Å². The molecule has 0 saturated heterocycles. The number of benzene rings is 2. The number of hydrogen-bond acceptors (Lipinski definition) is 2. The zero-order chi connectivity index (χ0) is 18.1. The van der Waals surface area contributed by atoms with Crippen molar-refractivity contribution in [2.24, 2.45) is 4.99 Å². The molecule has 2 aromatic carbocycles. The maximum atomic E-state index is 12.9. The molecule has 0 atom stereocenters. The molecule has 4 nitrogen and oxygen atoms in total. The van der Waals surface area contributed by atoms with Gasteiger partial charge >= 0.3 is 0 Å². The quantitative estimate of drug-likeness (QED) is 0.363. The van der Waals surface area contributed by atoms with Crippen LogP contribution >= 0.6 is 24.0 Å². The first-order valence-corrected chi connectivity index (χ1v) is 8.51. The highest BCUT2D eigenvalue weighted by atomic mass is 127. The Kier molecular flexibility index (Phi) is 10.0. The Morgan fingerprint density at radius 3 is 2.19 bits per heavy atom. The number of guanidine groups is 1. The van der Waals surface area contributed by atoms with E-state index in [4.69, 9.17) is 4.74 Å². The van der Waals surface area contributed by atoms with Crippen LogP contribution in [0, 0.1) is 5.82 Å². The first-order chi connectivity index (χ1) is 12.1. The minimum Gasteiger partial charge on any atom is -0.491 e. The number of hydrogen-bond donors (Lipinski definition) is 2. The van der Waals surface area contributed by atoms with Crippen LogP contribution in [0.4, 0.5) is 4.39 Å². The molecular formula is C20H27FIN3O. The lowest BCUT2D eigenvalue weighted by atomic mass is 10.1. The lowest BCUT2D eigenvalue weighted by Gasteiger charge is -2.13. The van der Waals surface area contributed by atoms with E-state index in [0.717, 1.165) is 30.2 Å². The summed E-state index contributed by atoms with van der Waals surface area (Å²) in [5.74, 6) is 1.39. The van der Waals surface area contributed by atoms with Crippen molar-refractivity contribution in [3.05, 3.63) is 65.5 Å². The third-order valence-corrected chi connectivity index (χ3v) is 3.60. The molecule has 0 saturated carbocycles. The molecule has 26 heavy (non-hydrogen) atoms. The molecule has 0 heterocycles. The number of halogens is 2. The smallest absolute Gasteiger partial charge is 0.191 e. The van der Waals surface area contributed by atoms with Crippen LogP contribution in [-0.4, -0.2) is 25.7 Å². The summed E-state index contributed by atoms with van der Waals surface area (Å²) in [6.07, 6.45) is 1.07. The van der Waals surface area contributed by atoms with Gasteiger partial charge in [0.05, 0.1) is 6.10 Å².